The van der Waals surface area contributed by atoms with Crippen molar-refractivity contribution in [2.45, 2.75) is 38.5 Å². The molecule has 0 spiro atoms. The highest BCUT2D eigenvalue weighted by molar-refractivity contribution is 5.08. The predicted octanol–water partition coefficient (Wildman–Crippen LogP) is 4.37. The fourth-order valence-corrected chi connectivity index (χ4v) is 1.41. The molecule has 1 rings (SSSR count). The average molecular weight is 187 g/mol. The molecule has 0 unspecified atom stereocenters. The van der Waals surface area contributed by atoms with E-state index in [2.05, 4.69) is 36.5 Å². The monoisotopic (exact) mass is 187 g/mol. The second-order valence-corrected chi connectivity index (χ2v) is 3.50. The zero-order valence-corrected chi connectivity index (χ0v) is 8.78. The normalized spacial score (nSPS) is 19.4. The molecule has 75 valence electrons. The standard InChI is InChI=1S/C14H19/c1-2-4-6-8-10-12-14-13-11-9-7-5-3-1/h1-4,8,12,14H,5,7,9-11,13H2. The summed E-state index contributed by atoms with van der Waals surface area (Å²) in [4.78, 5) is 0. The van der Waals surface area contributed by atoms with Crippen LogP contribution in [0.3, 0.4) is 0 Å². The van der Waals surface area contributed by atoms with Crippen molar-refractivity contribution in [2.75, 3.05) is 0 Å². The van der Waals surface area contributed by atoms with Crippen LogP contribution in [0.4, 0.5) is 0 Å². The van der Waals surface area contributed by atoms with Crippen LogP contribution in [-0.2, 0) is 0 Å². The van der Waals surface area contributed by atoms with Gasteiger partial charge in [-0.3, -0.25) is 0 Å². The van der Waals surface area contributed by atoms with Gasteiger partial charge in [0.1, 0.15) is 0 Å². The van der Waals surface area contributed by atoms with Crippen molar-refractivity contribution < 1.29 is 0 Å². The minimum Gasteiger partial charge on any atom is -0.0882 e. The molecule has 0 saturated carbocycles. The largest absolute Gasteiger partial charge is 0.0882 e. The van der Waals surface area contributed by atoms with E-state index in [4.69, 9.17) is 0 Å². The van der Waals surface area contributed by atoms with Gasteiger partial charge in [-0.05, 0) is 38.2 Å². The predicted molar refractivity (Wildman–Crippen MR) is 62.9 cm³/mol. The van der Waals surface area contributed by atoms with E-state index >= 15 is 0 Å². The summed E-state index contributed by atoms with van der Waals surface area (Å²) < 4.78 is 0. The Morgan fingerprint density at radius 1 is 0.786 bits per heavy atom. The molecule has 0 saturated heterocycles. The summed E-state index contributed by atoms with van der Waals surface area (Å²) in [6.45, 7) is 0. The van der Waals surface area contributed by atoms with Gasteiger partial charge in [0.15, 0.2) is 0 Å². The highest BCUT2D eigenvalue weighted by Crippen LogP contribution is 2.05. The Kier molecular flexibility index (Phi) is 6.74. The molecule has 14 heavy (non-hydrogen) atoms. The molecule has 0 heteroatoms. The molecule has 0 fully saturated rings. The van der Waals surface area contributed by atoms with Gasteiger partial charge >= 0.3 is 0 Å². The SMILES string of the molecule is [C]1=CCC=CCCCCCC=CC=C1. The molecule has 0 N–H and O–H groups in total. The molecule has 0 bridgehead atoms. The van der Waals surface area contributed by atoms with Crippen LogP contribution in [0, 0.1) is 6.08 Å². The van der Waals surface area contributed by atoms with E-state index in [1.54, 1.807) is 0 Å². The molecular weight excluding hydrogens is 168 g/mol. The molecule has 0 nitrogen and oxygen atoms in total. The lowest BCUT2D eigenvalue weighted by atomic mass is 10.1. The van der Waals surface area contributed by atoms with Crippen LogP contribution in [0.5, 0.6) is 0 Å². The molecule has 0 atom stereocenters. The van der Waals surface area contributed by atoms with E-state index in [9.17, 15) is 0 Å². The van der Waals surface area contributed by atoms with Crippen LogP contribution < -0.4 is 0 Å². The first-order valence-electron chi connectivity index (χ1n) is 5.54. The maximum Gasteiger partial charge on any atom is -0.0160 e. The molecule has 0 heterocycles. The van der Waals surface area contributed by atoms with Crippen LogP contribution >= 0.6 is 0 Å². The molecule has 0 aromatic rings. The summed E-state index contributed by atoms with van der Waals surface area (Å²) in [5, 5.41) is 0. The minimum atomic E-state index is 1.01. The van der Waals surface area contributed by atoms with Gasteiger partial charge in [-0.15, -0.1) is 0 Å². The Morgan fingerprint density at radius 3 is 2.57 bits per heavy atom. The van der Waals surface area contributed by atoms with E-state index < -0.39 is 0 Å². The number of hydrogen-bond donors (Lipinski definition) is 0. The Bertz CT molecular complexity index is 228. The van der Waals surface area contributed by atoms with Gasteiger partial charge in [-0.25, -0.2) is 0 Å². The topological polar surface area (TPSA) is 0 Å². The molecule has 1 aliphatic carbocycles. The summed E-state index contributed by atoms with van der Waals surface area (Å²) >= 11 is 0. The molecular formula is C14H19. The quantitative estimate of drug-likeness (QED) is 0.494. The third-order valence-corrected chi connectivity index (χ3v) is 2.22. The number of allylic oxidation sites excluding steroid dienone is 8. The van der Waals surface area contributed by atoms with Crippen molar-refractivity contribution in [1.82, 2.24) is 0 Å². The minimum absolute atomic E-state index is 1.01. The van der Waals surface area contributed by atoms with Gasteiger partial charge in [0.25, 0.3) is 0 Å². The van der Waals surface area contributed by atoms with Crippen molar-refractivity contribution >= 4 is 0 Å². The van der Waals surface area contributed by atoms with Crippen LogP contribution in [-0.4, -0.2) is 0 Å². The highest BCUT2D eigenvalue weighted by atomic mass is 13.9. The van der Waals surface area contributed by atoms with Crippen molar-refractivity contribution in [3.63, 3.8) is 0 Å². The first-order valence-corrected chi connectivity index (χ1v) is 5.54. The van der Waals surface area contributed by atoms with Gasteiger partial charge in [0, 0.05) is 0 Å². The fourth-order valence-electron chi connectivity index (χ4n) is 1.41. The Hall–Kier alpha value is -1.04. The summed E-state index contributed by atoms with van der Waals surface area (Å²) in [5.41, 5.74) is 0. The second-order valence-electron chi connectivity index (χ2n) is 3.50. The lowest BCUT2D eigenvalue weighted by Crippen LogP contribution is -1.75. The average Bonchev–Trinajstić information content (AvgIpc) is 2.22. The van der Waals surface area contributed by atoms with E-state index in [1.165, 1.54) is 32.1 Å². The van der Waals surface area contributed by atoms with Crippen molar-refractivity contribution in [1.29, 1.82) is 0 Å². The van der Waals surface area contributed by atoms with Crippen LogP contribution in [0.1, 0.15) is 38.5 Å². The smallest absolute Gasteiger partial charge is 0.0160 e. The lowest BCUT2D eigenvalue weighted by Gasteiger charge is -1.94. The van der Waals surface area contributed by atoms with Crippen molar-refractivity contribution in [3.8, 4) is 0 Å². The Balaban J connectivity index is 2.36. The highest BCUT2D eigenvalue weighted by Gasteiger charge is 1.85. The van der Waals surface area contributed by atoms with Gasteiger partial charge in [-0.1, -0.05) is 49.0 Å². The van der Waals surface area contributed by atoms with E-state index in [0.717, 1.165) is 6.42 Å². The zero-order chi connectivity index (χ0) is 9.90. The molecule has 1 radical (unpaired) electrons. The molecule has 0 aliphatic heterocycles. The molecule has 0 aromatic carbocycles. The zero-order valence-electron chi connectivity index (χ0n) is 8.78. The van der Waals surface area contributed by atoms with Crippen LogP contribution in [0.25, 0.3) is 0 Å². The van der Waals surface area contributed by atoms with Gasteiger partial charge in [0.2, 0.25) is 0 Å². The maximum absolute atomic E-state index is 3.13. The summed E-state index contributed by atoms with van der Waals surface area (Å²) in [6.07, 6.45) is 25.5. The van der Waals surface area contributed by atoms with Crippen LogP contribution in [0.2, 0.25) is 0 Å². The maximum atomic E-state index is 3.13. The number of hydrogen-bond acceptors (Lipinski definition) is 0. The van der Waals surface area contributed by atoms with Gasteiger partial charge in [0.05, 0.1) is 0 Å². The molecule has 0 aromatic heterocycles. The Morgan fingerprint density at radius 2 is 1.64 bits per heavy atom. The van der Waals surface area contributed by atoms with Gasteiger partial charge < -0.3 is 0 Å². The summed E-state index contributed by atoms with van der Waals surface area (Å²) in [5.74, 6) is 0. The first kappa shape index (κ1) is 11.0. The number of rotatable bonds is 0. The van der Waals surface area contributed by atoms with E-state index in [1.807, 2.05) is 12.2 Å². The summed E-state index contributed by atoms with van der Waals surface area (Å²) in [6, 6.07) is 0. The molecule has 0 amide bonds. The summed E-state index contributed by atoms with van der Waals surface area (Å²) in [7, 11) is 0. The fraction of sp³-hybridized carbons (Fsp3) is 0.429. The van der Waals surface area contributed by atoms with Crippen molar-refractivity contribution in [3.05, 3.63) is 48.6 Å². The second kappa shape index (κ2) is 8.55. The van der Waals surface area contributed by atoms with E-state index in [-0.39, 0.29) is 0 Å². The van der Waals surface area contributed by atoms with Gasteiger partial charge in [-0.2, -0.15) is 0 Å². The van der Waals surface area contributed by atoms with Crippen molar-refractivity contribution in [2.24, 2.45) is 0 Å². The van der Waals surface area contributed by atoms with Crippen LogP contribution in [0.15, 0.2) is 42.5 Å². The lowest BCUT2D eigenvalue weighted by molar-refractivity contribution is 0.695. The third kappa shape index (κ3) is 6.47. The first-order chi connectivity index (χ1) is 7.00. The Labute approximate surface area is 87.7 Å². The molecule has 1 aliphatic rings. The third-order valence-electron chi connectivity index (χ3n) is 2.22. The van der Waals surface area contributed by atoms with E-state index in [0.29, 0.717) is 0 Å².